The molecule has 0 fully saturated rings. The number of aromatic nitrogens is 1. The molecule has 1 aromatic rings. The number of rotatable bonds is 3. The lowest BCUT2D eigenvalue weighted by atomic mass is 10.2. The molecule has 5 heteroatoms. The van der Waals surface area contributed by atoms with Gasteiger partial charge in [0.25, 0.3) is 5.91 Å². The number of carbonyl (C=O) groups excluding carboxylic acids is 1. The fourth-order valence-electron chi connectivity index (χ4n) is 1.21. The molecule has 0 saturated carbocycles. The molecular formula is C10H12ClFN2O. The fraction of sp³-hybridized carbons (Fsp3) is 0.400. The van der Waals surface area contributed by atoms with Gasteiger partial charge in [-0.05, 0) is 13.0 Å². The van der Waals surface area contributed by atoms with Crippen molar-refractivity contribution in [3.8, 4) is 0 Å². The molecule has 15 heavy (non-hydrogen) atoms. The van der Waals surface area contributed by atoms with Gasteiger partial charge >= 0.3 is 0 Å². The Labute approximate surface area is 92.9 Å². The Bertz CT molecular complexity index is 357. The normalized spacial score (nSPS) is 12.3. The van der Waals surface area contributed by atoms with Crippen molar-refractivity contribution < 1.29 is 9.18 Å². The van der Waals surface area contributed by atoms with E-state index in [-0.39, 0.29) is 16.8 Å². The maximum absolute atomic E-state index is 13.2. The first-order valence-corrected chi connectivity index (χ1v) is 4.95. The van der Waals surface area contributed by atoms with Crippen LogP contribution in [0, 0.1) is 5.82 Å². The molecule has 0 radical (unpaired) electrons. The van der Waals surface area contributed by atoms with Gasteiger partial charge < -0.3 is 4.90 Å². The quantitative estimate of drug-likeness (QED) is 0.744. The van der Waals surface area contributed by atoms with E-state index in [1.807, 2.05) is 0 Å². The van der Waals surface area contributed by atoms with Crippen LogP contribution in [0.5, 0.6) is 0 Å². The zero-order chi connectivity index (χ0) is 11.4. The van der Waals surface area contributed by atoms with Crippen LogP contribution in [0.1, 0.15) is 17.3 Å². The zero-order valence-corrected chi connectivity index (χ0v) is 9.33. The van der Waals surface area contributed by atoms with Crippen molar-refractivity contribution in [3.05, 3.63) is 29.8 Å². The van der Waals surface area contributed by atoms with E-state index in [4.69, 9.17) is 11.6 Å². The summed E-state index contributed by atoms with van der Waals surface area (Å²) in [4.78, 5) is 16.7. The smallest absolute Gasteiger partial charge is 0.256 e. The molecule has 0 aromatic carbocycles. The molecule has 0 aliphatic rings. The van der Waals surface area contributed by atoms with Crippen LogP contribution in [-0.2, 0) is 0 Å². The van der Waals surface area contributed by atoms with Crippen LogP contribution < -0.4 is 0 Å². The van der Waals surface area contributed by atoms with Crippen LogP contribution >= 0.6 is 11.6 Å². The van der Waals surface area contributed by atoms with Gasteiger partial charge in [-0.1, -0.05) is 0 Å². The van der Waals surface area contributed by atoms with Crippen LogP contribution in [0.25, 0.3) is 0 Å². The molecule has 3 nitrogen and oxygen atoms in total. The molecule has 1 heterocycles. The summed E-state index contributed by atoms with van der Waals surface area (Å²) in [5.41, 5.74) is 0.0183. The lowest BCUT2D eigenvalue weighted by Gasteiger charge is -2.18. The molecule has 0 spiro atoms. The van der Waals surface area contributed by atoms with E-state index < -0.39 is 5.82 Å². The summed E-state index contributed by atoms with van der Waals surface area (Å²) in [6.07, 6.45) is 2.40. The number of nitrogens with zero attached hydrogens (tertiary/aromatic N) is 2. The number of hydrogen-bond acceptors (Lipinski definition) is 2. The van der Waals surface area contributed by atoms with Gasteiger partial charge in [-0.25, -0.2) is 4.39 Å². The first-order valence-electron chi connectivity index (χ1n) is 4.51. The van der Waals surface area contributed by atoms with Gasteiger partial charge in [-0.15, -0.1) is 11.6 Å². The predicted molar refractivity (Wildman–Crippen MR) is 56.5 cm³/mol. The fourth-order valence-corrected chi connectivity index (χ4v) is 1.42. The van der Waals surface area contributed by atoms with E-state index >= 15 is 0 Å². The topological polar surface area (TPSA) is 33.2 Å². The van der Waals surface area contributed by atoms with E-state index in [2.05, 4.69) is 4.98 Å². The van der Waals surface area contributed by atoms with E-state index in [0.29, 0.717) is 6.54 Å². The van der Waals surface area contributed by atoms with Crippen molar-refractivity contribution in [2.45, 2.75) is 12.3 Å². The molecule has 1 aromatic heterocycles. The predicted octanol–water partition coefficient (Wildman–Crippen LogP) is 1.92. The Morgan fingerprint density at radius 1 is 1.73 bits per heavy atom. The average molecular weight is 231 g/mol. The van der Waals surface area contributed by atoms with E-state index in [1.54, 1.807) is 14.0 Å². The van der Waals surface area contributed by atoms with Crippen LogP contribution in [0.15, 0.2) is 18.5 Å². The minimum absolute atomic E-state index is 0.0183. The van der Waals surface area contributed by atoms with Crippen LogP contribution in [0.3, 0.4) is 0 Å². The maximum Gasteiger partial charge on any atom is 0.256 e. The molecule has 82 valence electrons. The molecule has 1 rings (SSSR count). The van der Waals surface area contributed by atoms with E-state index in [0.717, 1.165) is 6.20 Å². The first kappa shape index (κ1) is 11.9. The summed E-state index contributed by atoms with van der Waals surface area (Å²) in [5.74, 6) is -1.00. The molecule has 0 aliphatic carbocycles. The average Bonchev–Trinajstić information content (AvgIpc) is 2.16. The standard InChI is InChI=1S/C10H12ClFN2O/c1-7(11)6-14(2)10(15)8-3-4-13-5-9(8)12/h3-5,7H,6H2,1-2H3. The number of amides is 1. The summed E-state index contributed by atoms with van der Waals surface area (Å²) in [6, 6.07) is 1.35. The molecule has 0 saturated heterocycles. The zero-order valence-electron chi connectivity index (χ0n) is 8.58. The summed E-state index contributed by atoms with van der Waals surface area (Å²) in [6.45, 7) is 2.15. The highest BCUT2D eigenvalue weighted by molar-refractivity contribution is 6.20. The Kier molecular flexibility index (Phi) is 4.03. The van der Waals surface area contributed by atoms with E-state index in [1.165, 1.54) is 17.2 Å². The Morgan fingerprint density at radius 3 is 2.93 bits per heavy atom. The Morgan fingerprint density at radius 2 is 2.40 bits per heavy atom. The number of halogens is 2. The Hall–Kier alpha value is -1.16. The van der Waals surface area contributed by atoms with Gasteiger partial charge in [0.1, 0.15) is 0 Å². The van der Waals surface area contributed by atoms with Gasteiger partial charge in [-0.2, -0.15) is 0 Å². The largest absolute Gasteiger partial charge is 0.340 e. The van der Waals surface area contributed by atoms with Gasteiger partial charge in [0.2, 0.25) is 0 Å². The summed E-state index contributed by atoms with van der Waals surface area (Å²) in [5, 5.41) is -0.163. The van der Waals surface area contributed by atoms with Gasteiger partial charge in [-0.3, -0.25) is 9.78 Å². The molecule has 1 amide bonds. The molecular weight excluding hydrogens is 219 g/mol. The second kappa shape index (κ2) is 5.07. The summed E-state index contributed by atoms with van der Waals surface area (Å²) in [7, 11) is 1.58. The second-order valence-corrected chi connectivity index (χ2v) is 4.07. The molecule has 0 bridgehead atoms. The molecule has 1 atom stereocenters. The lowest BCUT2D eigenvalue weighted by molar-refractivity contribution is 0.0791. The van der Waals surface area contributed by atoms with Crippen molar-refractivity contribution in [1.29, 1.82) is 0 Å². The Balaban J connectivity index is 2.81. The third-order valence-corrected chi connectivity index (χ3v) is 2.01. The van der Waals surface area contributed by atoms with E-state index in [9.17, 15) is 9.18 Å². The highest BCUT2D eigenvalue weighted by Crippen LogP contribution is 2.08. The SMILES string of the molecule is CC(Cl)CN(C)C(=O)c1ccncc1F. The van der Waals surface area contributed by atoms with Crippen molar-refractivity contribution in [2.24, 2.45) is 0 Å². The molecule has 1 unspecified atom stereocenters. The van der Waals surface area contributed by atoms with Crippen molar-refractivity contribution in [2.75, 3.05) is 13.6 Å². The summed E-state index contributed by atoms with van der Waals surface area (Å²) < 4.78 is 13.2. The monoisotopic (exact) mass is 230 g/mol. The lowest BCUT2D eigenvalue weighted by Crippen LogP contribution is -2.31. The van der Waals surface area contributed by atoms with Crippen LogP contribution in [0.2, 0.25) is 0 Å². The molecule has 0 aliphatic heterocycles. The van der Waals surface area contributed by atoms with Crippen molar-refractivity contribution >= 4 is 17.5 Å². The van der Waals surface area contributed by atoms with Gasteiger partial charge in [0, 0.05) is 25.2 Å². The third kappa shape index (κ3) is 3.16. The highest BCUT2D eigenvalue weighted by atomic mass is 35.5. The summed E-state index contributed by atoms with van der Waals surface area (Å²) >= 11 is 5.74. The third-order valence-electron chi connectivity index (χ3n) is 1.87. The highest BCUT2D eigenvalue weighted by Gasteiger charge is 2.16. The van der Waals surface area contributed by atoms with Crippen molar-refractivity contribution in [3.63, 3.8) is 0 Å². The maximum atomic E-state index is 13.2. The van der Waals surface area contributed by atoms with Crippen molar-refractivity contribution in [1.82, 2.24) is 9.88 Å². The number of carbonyl (C=O) groups is 1. The minimum atomic E-state index is -0.614. The second-order valence-electron chi connectivity index (χ2n) is 3.32. The minimum Gasteiger partial charge on any atom is -0.340 e. The number of pyridine rings is 1. The van der Waals surface area contributed by atoms with Gasteiger partial charge in [0.05, 0.1) is 11.8 Å². The first-order chi connectivity index (χ1) is 7.02. The number of alkyl halides is 1. The van der Waals surface area contributed by atoms with Crippen LogP contribution in [0.4, 0.5) is 4.39 Å². The number of hydrogen-bond donors (Lipinski definition) is 0. The molecule has 0 N–H and O–H groups in total. The van der Waals surface area contributed by atoms with Crippen LogP contribution in [-0.4, -0.2) is 34.8 Å². The van der Waals surface area contributed by atoms with Gasteiger partial charge in [0.15, 0.2) is 5.82 Å².